The number of amides is 1. The van der Waals surface area contributed by atoms with Crippen molar-refractivity contribution in [1.29, 1.82) is 0 Å². The summed E-state index contributed by atoms with van der Waals surface area (Å²) in [6, 6.07) is 4.09. The standard InChI is InChI=1S/C21H25F2N3O5/c1-21(2,3)31-20(29)25-8-6-15(7-9-25)26-12-14(11-24-26)13-4-5-16(18(27)28)17(10-13)30-19(22)23/h4-5,10-12,15,19H,6-9H2,1-3H3,(H,27,28). The number of nitrogens with zero attached hydrogens (tertiary/aromatic N) is 3. The molecular formula is C21H25F2N3O5. The second kappa shape index (κ2) is 8.91. The molecule has 1 N–H and O–H groups in total. The van der Waals surface area contributed by atoms with Crippen LogP contribution in [0.1, 0.15) is 50.0 Å². The van der Waals surface area contributed by atoms with Gasteiger partial charge in [0.2, 0.25) is 0 Å². The summed E-state index contributed by atoms with van der Waals surface area (Å²) in [5.41, 5.74) is 0.267. The zero-order valence-corrected chi connectivity index (χ0v) is 17.5. The molecule has 168 valence electrons. The Labute approximate surface area is 178 Å². The van der Waals surface area contributed by atoms with Crippen molar-refractivity contribution in [3.8, 4) is 16.9 Å². The number of aromatic carboxylic acids is 1. The number of benzene rings is 1. The molecule has 0 spiro atoms. The molecule has 1 fully saturated rings. The SMILES string of the molecule is CC(C)(C)OC(=O)N1CCC(n2cc(-c3ccc(C(=O)O)c(OC(F)F)c3)cn2)CC1. The first-order valence-corrected chi connectivity index (χ1v) is 9.88. The molecule has 0 bridgehead atoms. The fraction of sp³-hybridized carbons (Fsp3) is 0.476. The molecule has 0 aliphatic carbocycles. The van der Waals surface area contributed by atoms with Crippen molar-refractivity contribution in [2.45, 2.75) is 51.9 Å². The average molecular weight is 437 g/mol. The Bertz CT molecular complexity index is 947. The van der Waals surface area contributed by atoms with Gasteiger partial charge in [0.1, 0.15) is 16.9 Å². The number of hydrogen-bond acceptors (Lipinski definition) is 5. The van der Waals surface area contributed by atoms with Crippen LogP contribution in [0, 0.1) is 0 Å². The lowest BCUT2D eigenvalue weighted by molar-refractivity contribution is -0.0503. The molecule has 0 saturated carbocycles. The van der Waals surface area contributed by atoms with E-state index in [1.54, 1.807) is 22.0 Å². The van der Waals surface area contributed by atoms with Gasteiger partial charge in [0.15, 0.2) is 0 Å². The zero-order chi connectivity index (χ0) is 22.8. The highest BCUT2D eigenvalue weighted by Gasteiger charge is 2.28. The molecule has 2 heterocycles. The average Bonchev–Trinajstić information content (AvgIpc) is 3.16. The Balaban J connectivity index is 1.70. The van der Waals surface area contributed by atoms with E-state index >= 15 is 0 Å². The molecule has 8 nitrogen and oxygen atoms in total. The third-order valence-electron chi connectivity index (χ3n) is 4.85. The van der Waals surface area contributed by atoms with Gasteiger partial charge in [-0.2, -0.15) is 13.9 Å². The second-order valence-corrected chi connectivity index (χ2v) is 8.30. The molecule has 0 radical (unpaired) electrons. The molecule has 1 aliphatic rings. The lowest BCUT2D eigenvalue weighted by atomic mass is 10.0. The number of aromatic nitrogens is 2. The molecule has 10 heteroatoms. The number of halogens is 2. The van der Waals surface area contributed by atoms with Crippen LogP contribution in [0.25, 0.3) is 11.1 Å². The maximum Gasteiger partial charge on any atom is 0.410 e. The van der Waals surface area contributed by atoms with E-state index in [2.05, 4.69) is 9.84 Å². The molecular weight excluding hydrogens is 412 g/mol. The van der Waals surface area contributed by atoms with E-state index in [4.69, 9.17) is 9.84 Å². The predicted molar refractivity (Wildman–Crippen MR) is 107 cm³/mol. The highest BCUT2D eigenvalue weighted by molar-refractivity contribution is 5.92. The number of carboxylic acids is 1. The van der Waals surface area contributed by atoms with E-state index in [1.807, 2.05) is 20.8 Å². The lowest BCUT2D eigenvalue weighted by Gasteiger charge is -2.33. The summed E-state index contributed by atoms with van der Waals surface area (Å²) in [4.78, 5) is 25.1. The van der Waals surface area contributed by atoms with E-state index in [0.29, 0.717) is 37.1 Å². The molecule has 3 rings (SSSR count). The van der Waals surface area contributed by atoms with Crippen LogP contribution in [-0.2, 0) is 4.74 Å². The number of alkyl halides is 2. The monoisotopic (exact) mass is 437 g/mol. The molecule has 0 unspecified atom stereocenters. The largest absolute Gasteiger partial charge is 0.478 e. The quantitative estimate of drug-likeness (QED) is 0.744. The molecule has 1 aromatic carbocycles. The molecule has 1 aromatic heterocycles. The van der Waals surface area contributed by atoms with E-state index in [0.717, 1.165) is 0 Å². The number of hydrogen-bond donors (Lipinski definition) is 1. The van der Waals surface area contributed by atoms with Crippen molar-refractivity contribution in [3.05, 3.63) is 36.2 Å². The third-order valence-corrected chi connectivity index (χ3v) is 4.85. The van der Waals surface area contributed by atoms with E-state index in [-0.39, 0.29) is 17.7 Å². The highest BCUT2D eigenvalue weighted by Crippen LogP contribution is 2.30. The maximum atomic E-state index is 12.7. The second-order valence-electron chi connectivity index (χ2n) is 8.30. The molecule has 2 aromatic rings. The van der Waals surface area contributed by atoms with Crippen molar-refractivity contribution in [2.75, 3.05) is 13.1 Å². The molecule has 1 aliphatic heterocycles. The summed E-state index contributed by atoms with van der Waals surface area (Å²) < 4.78 is 36.9. The topological polar surface area (TPSA) is 93.9 Å². The van der Waals surface area contributed by atoms with Crippen molar-refractivity contribution in [1.82, 2.24) is 14.7 Å². The minimum atomic E-state index is -3.13. The summed E-state index contributed by atoms with van der Waals surface area (Å²) in [6.07, 6.45) is 4.41. The number of carbonyl (C=O) groups excluding carboxylic acids is 1. The van der Waals surface area contributed by atoms with Gasteiger partial charge in [-0.05, 0) is 51.3 Å². The van der Waals surface area contributed by atoms with Crippen LogP contribution < -0.4 is 4.74 Å². The van der Waals surface area contributed by atoms with Crippen molar-refractivity contribution < 1.29 is 33.0 Å². The summed E-state index contributed by atoms with van der Waals surface area (Å²) in [6.45, 7) is 3.41. The maximum absolute atomic E-state index is 12.7. The Kier molecular flexibility index (Phi) is 6.47. The zero-order valence-electron chi connectivity index (χ0n) is 17.5. The Hall–Kier alpha value is -3.17. The molecule has 1 saturated heterocycles. The van der Waals surface area contributed by atoms with Gasteiger partial charge < -0.3 is 19.5 Å². The Morgan fingerprint density at radius 2 is 1.87 bits per heavy atom. The van der Waals surface area contributed by atoms with Crippen LogP contribution >= 0.6 is 0 Å². The van der Waals surface area contributed by atoms with Gasteiger partial charge in [0, 0.05) is 24.8 Å². The Morgan fingerprint density at radius 1 is 1.19 bits per heavy atom. The highest BCUT2D eigenvalue weighted by atomic mass is 19.3. The molecule has 31 heavy (non-hydrogen) atoms. The first-order chi connectivity index (χ1) is 14.5. The van der Waals surface area contributed by atoms with Crippen molar-refractivity contribution in [2.24, 2.45) is 0 Å². The van der Waals surface area contributed by atoms with Crippen LogP contribution in [0.2, 0.25) is 0 Å². The summed E-state index contributed by atoms with van der Waals surface area (Å²) in [7, 11) is 0. The van der Waals surface area contributed by atoms with Gasteiger partial charge in [0.05, 0.1) is 12.2 Å². The minimum absolute atomic E-state index is 0.0718. The lowest BCUT2D eigenvalue weighted by Crippen LogP contribution is -2.42. The normalized spacial score (nSPS) is 15.2. The fourth-order valence-electron chi connectivity index (χ4n) is 3.40. The van der Waals surface area contributed by atoms with Gasteiger partial charge in [0.25, 0.3) is 0 Å². The van der Waals surface area contributed by atoms with Crippen molar-refractivity contribution in [3.63, 3.8) is 0 Å². The number of carboxylic acid groups (broad SMARTS) is 1. The van der Waals surface area contributed by atoms with Crippen LogP contribution in [0.5, 0.6) is 5.75 Å². The van der Waals surface area contributed by atoms with E-state index in [9.17, 15) is 18.4 Å². The van der Waals surface area contributed by atoms with Crippen LogP contribution in [0.4, 0.5) is 13.6 Å². The van der Waals surface area contributed by atoms with Crippen LogP contribution in [0.15, 0.2) is 30.6 Å². The van der Waals surface area contributed by atoms with E-state index in [1.165, 1.54) is 18.2 Å². The van der Waals surface area contributed by atoms with E-state index < -0.39 is 23.9 Å². The summed E-state index contributed by atoms with van der Waals surface area (Å²) >= 11 is 0. The first-order valence-electron chi connectivity index (χ1n) is 9.88. The first kappa shape index (κ1) is 22.5. The molecule has 1 amide bonds. The van der Waals surface area contributed by atoms with Gasteiger partial charge in [-0.1, -0.05) is 6.07 Å². The fourth-order valence-corrected chi connectivity index (χ4v) is 3.40. The van der Waals surface area contributed by atoms with Gasteiger partial charge in [-0.15, -0.1) is 0 Å². The number of rotatable bonds is 5. The van der Waals surface area contributed by atoms with Crippen LogP contribution in [0.3, 0.4) is 0 Å². The number of ether oxygens (including phenoxy) is 2. The molecule has 0 atom stereocenters. The third kappa shape index (κ3) is 5.71. The number of carbonyl (C=O) groups is 2. The van der Waals surface area contributed by atoms with Crippen LogP contribution in [-0.4, -0.2) is 57.2 Å². The van der Waals surface area contributed by atoms with Gasteiger partial charge >= 0.3 is 18.7 Å². The number of likely N-dealkylation sites (tertiary alicyclic amines) is 1. The predicted octanol–water partition coefficient (Wildman–Crippen LogP) is 4.42. The van der Waals surface area contributed by atoms with Gasteiger partial charge in [-0.25, -0.2) is 9.59 Å². The Morgan fingerprint density at radius 3 is 2.45 bits per heavy atom. The number of piperidine rings is 1. The van der Waals surface area contributed by atoms with Gasteiger partial charge in [-0.3, -0.25) is 4.68 Å². The minimum Gasteiger partial charge on any atom is -0.478 e. The summed E-state index contributed by atoms with van der Waals surface area (Å²) in [5.74, 6) is -1.76. The van der Waals surface area contributed by atoms with Crippen molar-refractivity contribution >= 4 is 12.1 Å². The smallest absolute Gasteiger partial charge is 0.410 e. The summed E-state index contributed by atoms with van der Waals surface area (Å²) in [5, 5.41) is 13.5.